The molecule has 5 aromatic carbocycles. The average molecular weight is 668 g/mol. The van der Waals surface area contributed by atoms with Crippen LogP contribution in [-0.4, -0.2) is 40.8 Å². The number of fused-ring (bicyclic) bond motifs is 5. The Hall–Kier alpha value is -6.88. The van der Waals surface area contributed by atoms with Crippen LogP contribution >= 0.6 is 0 Å². The molecule has 50 heavy (non-hydrogen) atoms. The van der Waals surface area contributed by atoms with Crippen LogP contribution in [0, 0.1) is 0 Å². The van der Waals surface area contributed by atoms with Crippen molar-refractivity contribution in [1.29, 1.82) is 0 Å². The van der Waals surface area contributed by atoms with Crippen LogP contribution in [-0.2, 0) is 9.59 Å². The van der Waals surface area contributed by atoms with Crippen molar-refractivity contribution in [2.24, 2.45) is 0 Å². The third-order valence-corrected chi connectivity index (χ3v) is 8.05. The van der Waals surface area contributed by atoms with E-state index in [9.17, 15) is 24.3 Å². The van der Waals surface area contributed by atoms with Crippen LogP contribution in [0.1, 0.15) is 34.6 Å². The molecule has 6 aromatic rings. The van der Waals surface area contributed by atoms with E-state index in [1.54, 1.807) is 24.3 Å². The average Bonchev–Trinajstić information content (AvgIpc) is 3.47. The number of benzene rings is 5. The van der Waals surface area contributed by atoms with Gasteiger partial charge < -0.3 is 36.1 Å². The summed E-state index contributed by atoms with van der Waals surface area (Å²) in [5, 5.41) is 25.4. The summed E-state index contributed by atoms with van der Waals surface area (Å²) in [5.74, 6) is -1.99. The molecule has 0 saturated heterocycles. The van der Waals surface area contributed by atoms with Crippen LogP contribution in [0.2, 0.25) is 0 Å². The van der Waals surface area contributed by atoms with Crippen LogP contribution in [0.25, 0.3) is 32.6 Å². The summed E-state index contributed by atoms with van der Waals surface area (Å²) in [6, 6.07) is 24.1. The molecule has 11 heteroatoms. The minimum atomic E-state index is -0.598. The number of carbonyl (C=O) groups is 4. The van der Waals surface area contributed by atoms with Gasteiger partial charge in [-0.25, -0.2) is 0 Å². The Balaban J connectivity index is 1.27. The normalized spacial score (nSPS) is 10.9. The lowest BCUT2D eigenvalue weighted by Gasteiger charge is -2.15. The maximum absolute atomic E-state index is 13.6. The number of rotatable bonds is 9. The molecule has 6 N–H and O–H groups in total. The zero-order valence-electron chi connectivity index (χ0n) is 27.5. The van der Waals surface area contributed by atoms with Crippen molar-refractivity contribution in [2.75, 3.05) is 28.4 Å². The highest BCUT2D eigenvalue weighted by atomic mass is 16.5. The highest BCUT2D eigenvalue weighted by Gasteiger charge is 2.18. The maximum Gasteiger partial charge on any atom is 0.259 e. The lowest BCUT2D eigenvalue weighted by molar-refractivity contribution is -0.113. The number of nitrogens with one attached hydrogen (secondary N) is 5. The number of aromatic nitrogens is 1. The van der Waals surface area contributed by atoms with Gasteiger partial charge in [-0.15, -0.1) is 0 Å². The lowest BCUT2D eigenvalue weighted by atomic mass is 10.0. The van der Waals surface area contributed by atoms with Crippen molar-refractivity contribution in [1.82, 2.24) is 4.98 Å². The van der Waals surface area contributed by atoms with Gasteiger partial charge in [-0.2, -0.15) is 0 Å². The SMILES string of the molecule is C=C(C)C(=O)Nc1cc(NC(=O)C(=C)C)cc(C(=O)Nc2cc(NC(=O)c3cc4ccc5c6ccccc6[nH]c5c4cc3O)ccc2OC)c1. The van der Waals surface area contributed by atoms with E-state index >= 15 is 0 Å². The van der Waals surface area contributed by atoms with Crippen molar-refractivity contribution >= 4 is 79.0 Å². The van der Waals surface area contributed by atoms with E-state index < -0.39 is 23.6 Å². The molecule has 0 unspecified atom stereocenters. The van der Waals surface area contributed by atoms with E-state index in [-0.39, 0.29) is 45.1 Å². The number of aromatic hydroxyl groups is 1. The molecule has 0 aliphatic carbocycles. The molecule has 0 fully saturated rings. The molecule has 0 aliphatic rings. The van der Waals surface area contributed by atoms with Gasteiger partial charge in [-0.3, -0.25) is 19.2 Å². The van der Waals surface area contributed by atoms with Crippen LogP contribution in [0.5, 0.6) is 11.5 Å². The van der Waals surface area contributed by atoms with Crippen LogP contribution in [0.4, 0.5) is 22.7 Å². The van der Waals surface area contributed by atoms with Gasteiger partial charge in [0.1, 0.15) is 11.5 Å². The second-order valence-electron chi connectivity index (χ2n) is 11.8. The minimum absolute atomic E-state index is 0.0623. The minimum Gasteiger partial charge on any atom is -0.507 e. The summed E-state index contributed by atoms with van der Waals surface area (Å²) in [7, 11) is 1.43. The van der Waals surface area contributed by atoms with Crippen molar-refractivity contribution in [2.45, 2.75) is 13.8 Å². The largest absolute Gasteiger partial charge is 0.507 e. The second-order valence-corrected chi connectivity index (χ2v) is 11.8. The third kappa shape index (κ3) is 6.60. The van der Waals surface area contributed by atoms with E-state index in [4.69, 9.17) is 4.74 Å². The van der Waals surface area contributed by atoms with E-state index in [0.717, 1.165) is 32.6 Å². The fourth-order valence-electron chi connectivity index (χ4n) is 5.52. The molecule has 0 saturated carbocycles. The van der Waals surface area contributed by atoms with Crippen LogP contribution < -0.4 is 26.0 Å². The Morgan fingerprint density at radius 2 is 1.36 bits per heavy atom. The number of hydrogen-bond donors (Lipinski definition) is 6. The first kappa shape index (κ1) is 33.0. The van der Waals surface area contributed by atoms with E-state index in [2.05, 4.69) is 39.4 Å². The van der Waals surface area contributed by atoms with Gasteiger partial charge in [0.05, 0.1) is 23.9 Å². The number of carbonyl (C=O) groups excluding carboxylic acids is 4. The molecule has 0 spiro atoms. The molecule has 0 aliphatic heterocycles. The highest BCUT2D eigenvalue weighted by Crippen LogP contribution is 2.35. The van der Waals surface area contributed by atoms with Crippen molar-refractivity contribution in [3.63, 3.8) is 0 Å². The molecule has 4 amide bonds. The molecule has 1 aromatic heterocycles. The summed E-state index contributed by atoms with van der Waals surface area (Å²) >= 11 is 0. The molecule has 250 valence electrons. The number of amides is 4. The summed E-state index contributed by atoms with van der Waals surface area (Å²) in [6.45, 7) is 10.3. The summed E-state index contributed by atoms with van der Waals surface area (Å²) in [5.41, 5.74) is 3.52. The highest BCUT2D eigenvalue weighted by molar-refractivity contribution is 6.19. The summed E-state index contributed by atoms with van der Waals surface area (Å²) in [6.07, 6.45) is 0. The Labute approximate surface area is 286 Å². The predicted octanol–water partition coefficient (Wildman–Crippen LogP) is 7.72. The lowest BCUT2D eigenvalue weighted by Crippen LogP contribution is -2.18. The fraction of sp³-hybridized carbons (Fsp3) is 0.0769. The van der Waals surface area contributed by atoms with E-state index in [1.807, 2.05) is 36.4 Å². The molecule has 0 radical (unpaired) electrons. The van der Waals surface area contributed by atoms with Crippen molar-refractivity contribution < 1.29 is 29.0 Å². The van der Waals surface area contributed by atoms with Gasteiger partial charge in [-0.05, 0) is 73.8 Å². The standard InChI is InChI=1S/C39H33N5O6/c1-20(2)36(46)41-25-14-23(15-26(17-25)42-37(47)21(3)4)38(48)44-32-18-24(11-13-34(32)50-5)40-39(49)30-16-22-10-12-28-27-8-6-7-9-31(27)43-35(28)29(22)19-33(30)45/h6-19,43,45H,1,3H2,2,4-5H3,(H,40,49)(H,41,46)(H,42,47)(H,44,48). The topological polar surface area (TPSA) is 162 Å². The Kier molecular flexibility index (Phi) is 8.80. The first-order chi connectivity index (χ1) is 23.9. The predicted molar refractivity (Wildman–Crippen MR) is 197 cm³/mol. The number of hydrogen-bond acceptors (Lipinski definition) is 6. The van der Waals surface area contributed by atoms with Crippen LogP contribution in [0.3, 0.4) is 0 Å². The van der Waals surface area contributed by atoms with E-state index in [1.165, 1.54) is 45.2 Å². The van der Waals surface area contributed by atoms with Gasteiger partial charge >= 0.3 is 0 Å². The van der Waals surface area contributed by atoms with E-state index in [0.29, 0.717) is 11.4 Å². The molecular formula is C39H33N5O6. The quantitative estimate of drug-likeness (QED) is 0.0865. The fourth-order valence-corrected chi connectivity index (χ4v) is 5.52. The van der Waals surface area contributed by atoms with Gasteiger partial charge in [0.2, 0.25) is 0 Å². The monoisotopic (exact) mass is 667 g/mol. The summed E-state index contributed by atoms with van der Waals surface area (Å²) in [4.78, 5) is 55.1. The molecule has 0 bridgehead atoms. The zero-order valence-corrected chi connectivity index (χ0v) is 27.5. The van der Waals surface area contributed by atoms with Crippen molar-refractivity contribution in [3.8, 4) is 11.5 Å². The number of H-pyrrole nitrogens is 1. The number of para-hydroxylation sites is 1. The Morgan fingerprint density at radius 1 is 0.680 bits per heavy atom. The number of methoxy groups -OCH3 is 1. The number of aromatic amines is 1. The zero-order chi connectivity index (χ0) is 35.7. The third-order valence-electron chi connectivity index (χ3n) is 8.05. The van der Waals surface area contributed by atoms with Crippen LogP contribution in [0.15, 0.2) is 109 Å². The number of ether oxygens (including phenoxy) is 1. The Bertz CT molecular complexity index is 2380. The first-order valence-electron chi connectivity index (χ1n) is 15.5. The smallest absolute Gasteiger partial charge is 0.259 e. The maximum atomic E-state index is 13.6. The van der Waals surface area contributed by atoms with Gasteiger partial charge in [-0.1, -0.05) is 43.5 Å². The molecule has 1 heterocycles. The summed E-state index contributed by atoms with van der Waals surface area (Å²) < 4.78 is 5.45. The van der Waals surface area contributed by atoms with Gasteiger partial charge in [0, 0.05) is 55.4 Å². The number of phenolic OH excluding ortho intramolecular Hbond substituents is 1. The van der Waals surface area contributed by atoms with Gasteiger partial charge in [0.15, 0.2) is 0 Å². The number of phenols is 1. The molecular weight excluding hydrogens is 634 g/mol. The van der Waals surface area contributed by atoms with Gasteiger partial charge in [0.25, 0.3) is 23.6 Å². The number of anilines is 4. The Morgan fingerprint density at radius 3 is 2.02 bits per heavy atom. The first-order valence-corrected chi connectivity index (χ1v) is 15.5. The van der Waals surface area contributed by atoms with Crippen molar-refractivity contribution in [3.05, 3.63) is 120 Å². The molecule has 6 rings (SSSR count). The second kappa shape index (κ2) is 13.3. The molecule has 11 nitrogen and oxygen atoms in total. The molecule has 0 atom stereocenters.